The van der Waals surface area contributed by atoms with E-state index in [0.29, 0.717) is 11.1 Å². The summed E-state index contributed by atoms with van der Waals surface area (Å²) < 4.78 is 30.3. The van der Waals surface area contributed by atoms with E-state index in [1.807, 2.05) is 12.1 Å². The maximum Gasteiger partial charge on any atom is 0.331 e. The molecule has 2 aromatic carbocycles. The van der Waals surface area contributed by atoms with Gasteiger partial charge >= 0.3 is 5.97 Å². The first kappa shape index (κ1) is 21.8. The second kappa shape index (κ2) is 7.90. The predicted octanol–water partition coefficient (Wildman–Crippen LogP) is 1.47. The summed E-state index contributed by atoms with van der Waals surface area (Å²) in [6, 6.07) is 16.6. The third kappa shape index (κ3) is 3.38. The second-order valence-electron chi connectivity index (χ2n) is 7.97. The van der Waals surface area contributed by atoms with Gasteiger partial charge in [-0.1, -0.05) is 66.7 Å². The molecule has 0 bridgehead atoms. The third-order valence-electron chi connectivity index (χ3n) is 5.98. The van der Waals surface area contributed by atoms with Crippen molar-refractivity contribution in [3.05, 3.63) is 83.9 Å². The average Bonchev–Trinajstić information content (AvgIpc) is 2.92. The Morgan fingerprint density at radius 2 is 1.62 bits per heavy atom. The summed E-state index contributed by atoms with van der Waals surface area (Å²) in [6.07, 6.45) is 0.960. The predicted molar refractivity (Wildman–Crippen MR) is 116 cm³/mol. The van der Waals surface area contributed by atoms with Crippen LogP contribution in [0.3, 0.4) is 0 Å². The lowest BCUT2D eigenvalue weighted by Gasteiger charge is -2.36. The smallest absolute Gasteiger partial charge is 0.331 e. The first-order valence-electron chi connectivity index (χ1n) is 10.0. The zero-order chi connectivity index (χ0) is 23.1. The van der Waals surface area contributed by atoms with Crippen LogP contribution < -0.4 is 5.73 Å². The number of nitrogens with two attached hydrogens (primary N) is 1. The van der Waals surface area contributed by atoms with E-state index in [4.69, 9.17) is 10.5 Å². The van der Waals surface area contributed by atoms with Crippen molar-refractivity contribution in [2.75, 3.05) is 0 Å². The Morgan fingerprint density at radius 3 is 2.09 bits per heavy atom. The lowest BCUT2D eigenvalue weighted by atomic mass is 9.95. The van der Waals surface area contributed by atoms with Crippen LogP contribution in [-0.2, 0) is 29.0 Å². The maximum absolute atomic E-state index is 13.5. The van der Waals surface area contributed by atoms with Gasteiger partial charge in [0.2, 0.25) is 11.8 Å². The van der Waals surface area contributed by atoms with Crippen LogP contribution in [0.15, 0.2) is 72.8 Å². The number of carbonyl (C=O) groups is 3. The quantitative estimate of drug-likeness (QED) is 0.401. The SMILES string of the molecule is C[C@]1(/C=C/C(N)=O)[C@H](C(=O)OC(c2ccccc2)c2ccccc2)N2C(=O)C[C@H]2S1(=O)=O. The molecule has 8 nitrogen and oxygen atoms in total. The van der Waals surface area contributed by atoms with E-state index in [1.165, 1.54) is 6.92 Å². The molecule has 2 aromatic rings. The standard InChI is InChI=1S/C23H22N2O6S/c1-23(13-12-17(24)26)21(25-18(27)14-19(25)32(23,29)30)22(28)31-20(15-8-4-2-5-9-15)16-10-6-3-7-11-16/h2-13,19-21H,14H2,1H3,(H2,24,26)/b13-12+/t19-,21+,23+/m1/s1. The Morgan fingerprint density at radius 1 is 1.09 bits per heavy atom. The van der Waals surface area contributed by atoms with Gasteiger partial charge in [0.05, 0.1) is 6.42 Å². The van der Waals surface area contributed by atoms with Gasteiger partial charge in [0.25, 0.3) is 0 Å². The molecule has 0 saturated carbocycles. The Bertz CT molecular complexity index is 1160. The van der Waals surface area contributed by atoms with Crippen molar-refractivity contribution in [3.63, 3.8) is 0 Å². The summed E-state index contributed by atoms with van der Waals surface area (Å²) in [5.41, 5.74) is 6.54. The lowest BCUT2D eigenvalue weighted by molar-refractivity contribution is -0.163. The molecule has 2 heterocycles. The summed E-state index contributed by atoms with van der Waals surface area (Å²) in [5.74, 6) is -2.20. The number of sulfone groups is 1. The molecule has 0 aliphatic carbocycles. The lowest BCUT2D eigenvalue weighted by Crippen LogP contribution is -2.57. The molecule has 2 aliphatic heterocycles. The zero-order valence-corrected chi connectivity index (χ0v) is 18.1. The highest BCUT2D eigenvalue weighted by Gasteiger charge is 2.69. The Labute approximate surface area is 185 Å². The Hall–Kier alpha value is -3.46. The van der Waals surface area contributed by atoms with Gasteiger partial charge in [0.15, 0.2) is 22.0 Å². The molecular weight excluding hydrogens is 432 g/mol. The zero-order valence-electron chi connectivity index (χ0n) is 17.2. The van der Waals surface area contributed by atoms with E-state index in [1.54, 1.807) is 48.5 Å². The Balaban J connectivity index is 1.75. The van der Waals surface area contributed by atoms with Crippen molar-refractivity contribution >= 4 is 27.6 Å². The molecule has 166 valence electrons. The fourth-order valence-electron chi connectivity index (χ4n) is 4.24. The van der Waals surface area contributed by atoms with Crippen LogP contribution in [0.1, 0.15) is 30.6 Å². The highest BCUT2D eigenvalue weighted by Crippen LogP contribution is 2.47. The van der Waals surface area contributed by atoms with Gasteiger partial charge in [0, 0.05) is 6.08 Å². The Kier molecular flexibility index (Phi) is 5.37. The molecule has 2 saturated heterocycles. The van der Waals surface area contributed by atoms with Crippen molar-refractivity contribution in [3.8, 4) is 0 Å². The summed E-state index contributed by atoms with van der Waals surface area (Å²) in [6.45, 7) is 1.30. The van der Waals surface area contributed by atoms with Gasteiger partial charge in [-0.2, -0.15) is 0 Å². The molecule has 0 unspecified atom stereocenters. The van der Waals surface area contributed by atoms with Crippen molar-refractivity contribution < 1.29 is 27.5 Å². The molecule has 0 aromatic heterocycles. The number of carbonyl (C=O) groups excluding carboxylic acids is 3. The van der Waals surface area contributed by atoms with E-state index in [9.17, 15) is 22.8 Å². The number of β-lactam (4-membered cyclic amide) rings is 1. The summed E-state index contributed by atoms with van der Waals surface area (Å²) >= 11 is 0. The molecule has 4 rings (SSSR count). The molecular formula is C23H22N2O6S. The van der Waals surface area contributed by atoms with Crippen molar-refractivity contribution in [1.29, 1.82) is 0 Å². The number of benzene rings is 2. The van der Waals surface area contributed by atoms with E-state index >= 15 is 0 Å². The second-order valence-corrected chi connectivity index (χ2v) is 10.5. The molecule has 32 heavy (non-hydrogen) atoms. The fourth-order valence-corrected chi connectivity index (χ4v) is 6.51. The van der Waals surface area contributed by atoms with Crippen LogP contribution in [0.2, 0.25) is 0 Å². The van der Waals surface area contributed by atoms with Crippen LogP contribution in [0.5, 0.6) is 0 Å². The van der Waals surface area contributed by atoms with Gasteiger partial charge in [-0.25, -0.2) is 13.2 Å². The number of ether oxygens (including phenoxy) is 1. The highest BCUT2D eigenvalue weighted by atomic mass is 32.2. The van der Waals surface area contributed by atoms with E-state index in [2.05, 4.69) is 0 Å². The van der Waals surface area contributed by atoms with Crippen LogP contribution in [-0.4, -0.2) is 47.3 Å². The fraction of sp³-hybridized carbons (Fsp3) is 0.261. The maximum atomic E-state index is 13.5. The van der Waals surface area contributed by atoms with E-state index < -0.39 is 49.9 Å². The van der Waals surface area contributed by atoms with Gasteiger partial charge in [-0.3, -0.25) is 9.59 Å². The van der Waals surface area contributed by atoms with E-state index in [0.717, 1.165) is 17.1 Å². The molecule has 2 amide bonds. The van der Waals surface area contributed by atoms with Crippen LogP contribution in [0.25, 0.3) is 0 Å². The van der Waals surface area contributed by atoms with Gasteiger partial charge in [-0.05, 0) is 18.1 Å². The minimum absolute atomic E-state index is 0.215. The number of rotatable bonds is 6. The van der Waals surface area contributed by atoms with Crippen LogP contribution in [0, 0.1) is 0 Å². The highest BCUT2D eigenvalue weighted by molar-refractivity contribution is 7.94. The van der Waals surface area contributed by atoms with Crippen molar-refractivity contribution in [1.82, 2.24) is 4.90 Å². The van der Waals surface area contributed by atoms with Crippen molar-refractivity contribution in [2.45, 2.75) is 35.6 Å². The topological polar surface area (TPSA) is 124 Å². The molecule has 2 fully saturated rings. The summed E-state index contributed by atoms with van der Waals surface area (Å²) in [5, 5.41) is -1.14. The summed E-state index contributed by atoms with van der Waals surface area (Å²) in [4.78, 5) is 38.1. The average molecular weight is 455 g/mol. The molecule has 3 atom stereocenters. The van der Waals surface area contributed by atoms with Crippen LogP contribution >= 0.6 is 0 Å². The number of primary amides is 1. The van der Waals surface area contributed by atoms with Crippen molar-refractivity contribution in [2.24, 2.45) is 5.73 Å². The third-order valence-corrected chi connectivity index (χ3v) is 8.68. The summed E-state index contributed by atoms with van der Waals surface area (Å²) in [7, 11) is -4.01. The number of amides is 2. The largest absolute Gasteiger partial charge is 0.451 e. The molecule has 0 spiro atoms. The molecule has 2 N–H and O–H groups in total. The number of fused-ring (bicyclic) bond motifs is 1. The van der Waals surface area contributed by atoms with Gasteiger partial charge in [0.1, 0.15) is 10.1 Å². The molecule has 9 heteroatoms. The van der Waals surface area contributed by atoms with Gasteiger partial charge < -0.3 is 15.4 Å². The minimum Gasteiger partial charge on any atom is -0.451 e. The number of nitrogens with zero attached hydrogens (tertiary/aromatic N) is 1. The number of hydrogen-bond acceptors (Lipinski definition) is 6. The molecule has 0 radical (unpaired) electrons. The monoisotopic (exact) mass is 454 g/mol. The number of esters is 1. The van der Waals surface area contributed by atoms with E-state index in [-0.39, 0.29) is 6.42 Å². The van der Waals surface area contributed by atoms with Crippen LogP contribution in [0.4, 0.5) is 0 Å². The first-order chi connectivity index (χ1) is 15.2. The normalized spacial score (nSPS) is 26.1. The molecule has 2 aliphatic rings. The van der Waals surface area contributed by atoms with Gasteiger partial charge in [-0.15, -0.1) is 0 Å². The number of hydrogen-bond donors (Lipinski definition) is 1. The minimum atomic E-state index is -4.01. The first-order valence-corrected chi connectivity index (χ1v) is 11.5.